The average Bonchev–Trinajstić information content (AvgIpc) is 3.64. The van der Waals surface area contributed by atoms with Crippen molar-refractivity contribution in [1.29, 1.82) is 0 Å². The Morgan fingerprint density at radius 3 is 2.65 bits per heavy atom. The lowest BCUT2D eigenvalue weighted by Gasteiger charge is -2.53. The molecule has 0 radical (unpaired) electrons. The van der Waals surface area contributed by atoms with Gasteiger partial charge in [0.05, 0.1) is 18.7 Å². The lowest BCUT2D eigenvalue weighted by molar-refractivity contribution is -0.172. The van der Waals surface area contributed by atoms with Crippen LogP contribution < -0.4 is 11.1 Å². The summed E-state index contributed by atoms with van der Waals surface area (Å²) in [5.41, 5.74) is -0.880. The summed E-state index contributed by atoms with van der Waals surface area (Å²) in [5, 5.41) is 2.30. The lowest BCUT2D eigenvalue weighted by atomic mass is 9.52. The molecule has 15 nitrogen and oxygen atoms in total. The number of carbonyl (C=O) groups is 3. The number of aromatic nitrogens is 4. The Morgan fingerprint density at radius 1 is 1.22 bits per heavy atom. The smallest absolute Gasteiger partial charge is 0.458 e. The summed E-state index contributed by atoms with van der Waals surface area (Å²) in [6, 6.07) is 0. The van der Waals surface area contributed by atoms with Crippen LogP contribution in [-0.4, -0.2) is 55.9 Å². The number of terminal acetylenes is 1. The normalized spacial score (nSPS) is 23.3. The number of amides is 1. The van der Waals surface area contributed by atoms with E-state index in [2.05, 4.69) is 30.6 Å². The van der Waals surface area contributed by atoms with Crippen molar-refractivity contribution < 1.29 is 46.6 Å². The third kappa shape index (κ3) is 5.94. The van der Waals surface area contributed by atoms with Gasteiger partial charge in [-0.15, -0.1) is 6.42 Å². The van der Waals surface area contributed by atoms with Gasteiger partial charge in [-0.2, -0.15) is 14.4 Å². The Balaban J connectivity index is 1.08. The fourth-order valence-electron chi connectivity index (χ4n) is 6.34. The van der Waals surface area contributed by atoms with E-state index in [-0.39, 0.29) is 66.4 Å². The molecule has 2 saturated carbocycles. The number of ether oxygens (including phenoxy) is 4. The van der Waals surface area contributed by atoms with E-state index in [0.717, 1.165) is 25.7 Å². The zero-order chi connectivity index (χ0) is 32.6. The van der Waals surface area contributed by atoms with Crippen LogP contribution in [0.2, 0.25) is 0 Å². The first-order valence-corrected chi connectivity index (χ1v) is 15.0. The number of halogens is 1. The quantitative estimate of drug-likeness (QED) is 0.146. The fraction of sp³-hybridized carbons (Fsp3) is 0.567. The minimum Gasteiger partial charge on any atom is -0.458 e. The molecule has 16 heteroatoms. The number of esters is 2. The van der Waals surface area contributed by atoms with E-state index in [1.165, 1.54) is 24.2 Å². The molecule has 3 fully saturated rings. The summed E-state index contributed by atoms with van der Waals surface area (Å²) in [5.74, 6) is 0.507. The molecule has 3 aromatic heterocycles. The van der Waals surface area contributed by atoms with E-state index in [1.807, 2.05) is 6.92 Å². The van der Waals surface area contributed by atoms with Crippen LogP contribution in [0.1, 0.15) is 76.0 Å². The van der Waals surface area contributed by atoms with Crippen molar-refractivity contribution in [2.24, 2.45) is 11.3 Å². The predicted octanol–water partition coefficient (Wildman–Crippen LogP) is 3.70. The summed E-state index contributed by atoms with van der Waals surface area (Å²) in [6.07, 6.45) is 8.84. The van der Waals surface area contributed by atoms with Gasteiger partial charge in [0.15, 0.2) is 40.7 Å². The summed E-state index contributed by atoms with van der Waals surface area (Å²) in [4.78, 5) is 60.2. The molecule has 0 unspecified atom stereocenters. The van der Waals surface area contributed by atoms with E-state index < -0.39 is 41.9 Å². The number of rotatable bonds is 10. The van der Waals surface area contributed by atoms with Crippen molar-refractivity contribution in [3.63, 3.8) is 0 Å². The molecule has 0 aromatic carbocycles. The van der Waals surface area contributed by atoms with Crippen molar-refractivity contribution >= 4 is 35.0 Å². The fourth-order valence-corrected chi connectivity index (χ4v) is 6.34. The lowest BCUT2D eigenvalue weighted by Crippen LogP contribution is -2.48. The van der Waals surface area contributed by atoms with E-state index >= 15 is 0 Å². The highest BCUT2D eigenvalue weighted by Gasteiger charge is 2.54. The first kappa shape index (κ1) is 31.2. The summed E-state index contributed by atoms with van der Waals surface area (Å²) in [6.45, 7) is 2.59. The zero-order valence-electron chi connectivity index (χ0n) is 25.2. The number of imidazole rings is 1. The van der Waals surface area contributed by atoms with Gasteiger partial charge in [0.1, 0.15) is 18.9 Å². The maximum absolute atomic E-state index is 14.6. The van der Waals surface area contributed by atoms with Crippen LogP contribution in [-0.2, 0) is 35.1 Å². The molecule has 1 amide bonds. The van der Waals surface area contributed by atoms with Crippen molar-refractivity contribution in [2.75, 3.05) is 11.9 Å². The monoisotopic (exact) mass is 641 g/mol. The van der Waals surface area contributed by atoms with Crippen LogP contribution in [0.25, 0.3) is 11.2 Å². The Labute approximate surface area is 261 Å². The molecule has 46 heavy (non-hydrogen) atoms. The summed E-state index contributed by atoms with van der Waals surface area (Å²) < 4.78 is 47.6. The van der Waals surface area contributed by atoms with Gasteiger partial charge in [0, 0.05) is 6.42 Å². The second-order valence-electron chi connectivity index (χ2n) is 11.9. The molecular formula is C30H32FN5O10. The first-order valence-electron chi connectivity index (χ1n) is 15.0. The van der Waals surface area contributed by atoms with Crippen molar-refractivity contribution in [2.45, 2.75) is 89.8 Å². The molecule has 4 heterocycles. The maximum Gasteiger partial charge on any atom is 0.519 e. The topological polar surface area (TPSA) is 187 Å². The minimum atomic E-state index is -1.21. The van der Waals surface area contributed by atoms with Crippen molar-refractivity contribution in [3.8, 4) is 12.3 Å². The highest BCUT2D eigenvalue weighted by Crippen LogP contribution is 2.59. The summed E-state index contributed by atoms with van der Waals surface area (Å²) >= 11 is 0. The molecule has 244 valence electrons. The number of anilines is 1. The second-order valence-corrected chi connectivity index (χ2v) is 11.9. The van der Waals surface area contributed by atoms with Gasteiger partial charge in [-0.05, 0) is 44.4 Å². The number of hydrogen-bond donors (Lipinski definition) is 1. The third-order valence-corrected chi connectivity index (χ3v) is 9.08. The Hall–Kier alpha value is -4.78. The Bertz CT molecular complexity index is 1760. The highest BCUT2D eigenvalue weighted by molar-refractivity contribution is 5.93. The molecule has 1 saturated heterocycles. The molecule has 0 bridgehead atoms. The number of nitrogens with zero attached hydrogens (tertiary/aromatic N) is 4. The SMILES string of the molecule is C#C[C@]1(CC)O[C@@H](n2cnc3c(NC(=O)OCCC(=O)OCc4oc(=O)oc4C)nc(F)nc32)C[C@@H]1OC(=O)C1CC2(CCC2)C1. The summed E-state index contributed by atoms with van der Waals surface area (Å²) in [7, 11) is 0. The number of carbonyl (C=O) groups excluding carboxylic acids is 3. The van der Waals surface area contributed by atoms with E-state index in [0.29, 0.717) is 11.8 Å². The molecular weight excluding hydrogens is 609 g/mol. The largest absolute Gasteiger partial charge is 0.519 e. The minimum absolute atomic E-state index is 0.00233. The molecule has 3 aliphatic rings. The van der Waals surface area contributed by atoms with Gasteiger partial charge in [0.25, 0.3) is 0 Å². The van der Waals surface area contributed by atoms with Crippen LogP contribution in [0.3, 0.4) is 0 Å². The van der Waals surface area contributed by atoms with Gasteiger partial charge >= 0.3 is 29.9 Å². The van der Waals surface area contributed by atoms with Crippen LogP contribution in [0.5, 0.6) is 0 Å². The van der Waals surface area contributed by atoms with Gasteiger partial charge in [0.2, 0.25) is 0 Å². The number of aryl methyl sites for hydroxylation is 1. The maximum atomic E-state index is 14.6. The first-order chi connectivity index (χ1) is 22.0. The van der Waals surface area contributed by atoms with Crippen LogP contribution in [0.4, 0.5) is 15.0 Å². The number of fused-ring (bicyclic) bond motifs is 1. The Kier molecular flexibility index (Phi) is 8.28. The second kappa shape index (κ2) is 12.2. The van der Waals surface area contributed by atoms with Gasteiger partial charge < -0.3 is 27.8 Å². The zero-order valence-corrected chi connectivity index (χ0v) is 25.2. The Morgan fingerprint density at radius 2 is 2.00 bits per heavy atom. The average molecular weight is 642 g/mol. The van der Waals surface area contributed by atoms with Gasteiger partial charge in [-0.1, -0.05) is 19.3 Å². The number of hydrogen-bond acceptors (Lipinski definition) is 13. The van der Waals surface area contributed by atoms with E-state index in [4.69, 9.17) is 29.8 Å². The highest BCUT2D eigenvalue weighted by atomic mass is 19.1. The molecule has 1 N–H and O–H groups in total. The molecule has 6 rings (SSSR count). The third-order valence-electron chi connectivity index (χ3n) is 9.08. The molecule has 1 aliphatic heterocycles. The van der Waals surface area contributed by atoms with E-state index in [1.54, 1.807) is 0 Å². The standard InChI is InChI=1S/C30H32FN5O10/c1-4-30(5-2)19(45-25(38)17-12-29(13-17)8-6-9-29)11-20(46-30)36-15-32-22-23(33-26(31)35-24(22)36)34-27(39)41-10-7-21(37)42-14-18-16(3)43-28(40)44-18/h1,15,17,19-20H,5-14H2,2-3H3,(H,33,34,35,39)/t19-,20+,30+/m0/s1. The van der Waals surface area contributed by atoms with Gasteiger partial charge in [-0.3, -0.25) is 19.5 Å². The van der Waals surface area contributed by atoms with Crippen LogP contribution >= 0.6 is 0 Å². The van der Waals surface area contributed by atoms with Crippen LogP contribution in [0, 0.1) is 36.7 Å². The van der Waals surface area contributed by atoms with Crippen molar-refractivity contribution in [3.05, 3.63) is 34.5 Å². The molecule has 3 aromatic rings. The predicted molar refractivity (Wildman–Crippen MR) is 152 cm³/mol. The van der Waals surface area contributed by atoms with Crippen LogP contribution in [0.15, 0.2) is 20.0 Å². The number of nitrogens with one attached hydrogen (secondary N) is 1. The van der Waals surface area contributed by atoms with E-state index in [9.17, 15) is 23.6 Å². The molecule has 2 aliphatic carbocycles. The molecule has 1 spiro atoms. The molecule has 3 atom stereocenters. The van der Waals surface area contributed by atoms with Crippen molar-refractivity contribution in [1.82, 2.24) is 19.5 Å². The van der Waals surface area contributed by atoms with Gasteiger partial charge in [-0.25, -0.2) is 14.6 Å².